The van der Waals surface area contributed by atoms with Gasteiger partial charge >= 0.3 is 0 Å². The van der Waals surface area contributed by atoms with Crippen molar-refractivity contribution in [3.8, 4) is 0 Å². The van der Waals surface area contributed by atoms with Gasteiger partial charge in [-0.3, -0.25) is 0 Å². The van der Waals surface area contributed by atoms with Crippen LogP contribution < -0.4 is 11.1 Å². The fraction of sp³-hybridized carbons (Fsp3) is 0.700. The van der Waals surface area contributed by atoms with Gasteiger partial charge in [0.25, 0.3) is 0 Å². The Balaban J connectivity index is 1.85. The predicted octanol–water partition coefficient (Wildman–Crippen LogP) is 5.76. The Hall–Kier alpha value is -1.29. The zero-order chi connectivity index (χ0) is 17.5. The highest BCUT2D eigenvalue weighted by Gasteiger charge is 2.00. The summed E-state index contributed by atoms with van der Waals surface area (Å²) in [6.07, 6.45) is 12.6. The number of rotatable bonds is 15. The molecule has 1 rings (SSSR count). The molecule has 1 aromatic carbocycles. The zero-order valence-corrected chi connectivity index (χ0v) is 15.3. The first-order valence-electron chi connectivity index (χ1n) is 9.60. The number of nitrogens with one attached hydrogen (secondary N) is 1. The molecule has 3 nitrogen and oxygen atoms in total. The van der Waals surface area contributed by atoms with E-state index in [4.69, 9.17) is 10.5 Å². The van der Waals surface area contributed by atoms with Crippen LogP contribution in [0.3, 0.4) is 0 Å². The normalized spacial score (nSPS) is 10.9. The number of nitrogen functional groups attached to an aromatic ring is 1. The molecule has 0 amide bonds. The summed E-state index contributed by atoms with van der Waals surface area (Å²) in [5, 5.41) is 3.17. The fourth-order valence-corrected chi connectivity index (χ4v) is 2.67. The molecule has 0 aliphatic rings. The van der Waals surface area contributed by atoms with Gasteiger partial charge in [-0.05, 0) is 37.5 Å². The first-order valence-corrected chi connectivity index (χ1v) is 9.60. The Kier molecular flexibility index (Phi) is 12.2. The Morgan fingerprint density at radius 1 is 0.917 bits per heavy atom. The number of nitrogens with two attached hydrogens (primary N) is 1. The molecule has 138 valence electrons. The molecule has 0 spiro atoms. The van der Waals surface area contributed by atoms with Crippen LogP contribution in [0.1, 0.15) is 71.1 Å². The van der Waals surface area contributed by atoms with Crippen LogP contribution in [-0.2, 0) is 4.74 Å². The molecule has 0 unspecified atom stereocenters. The Morgan fingerprint density at radius 3 is 2.25 bits per heavy atom. The van der Waals surface area contributed by atoms with Crippen molar-refractivity contribution in [1.29, 1.82) is 0 Å². The van der Waals surface area contributed by atoms with E-state index in [9.17, 15) is 4.39 Å². The van der Waals surface area contributed by atoms with Crippen molar-refractivity contribution < 1.29 is 9.13 Å². The molecule has 0 radical (unpaired) electrons. The third-order valence-electron chi connectivity index (χ3n) is 4.19. The van der Waals surface area contributed by atoms with E-state index in [-0.39, 0.29) is 5.82 Å². The first kappa shape index (κ1) is 20.8. The third kappa shape index (κ3) is 10.5. The Bertz CT molecular complexity index is 426. The molecule has 24 heavy (non-hydrogen) atoms. The minimum atomic E-state index is -0.264. The van der Waals surface area contributed by atoms with E-state index in [1.807, 2.05) is 0 Å². The van der Waals surface area contributed by atoms with Crippen molar-refractivity contribution in [3.63, 3.8) is 0 Å². The molecule has 0 saturated carbocycles. The van der Waals surface area contributed by atoms with Gasteiger partial charge in [0.15, 0.2) is 0 Å². The van der Waals surface area contributed by atoms with Gasteiger partial charge in [0.1, 0.15) is 5.82 Å². The summed E-state index contributed by atoms with van der Waals surface area (Å²) in [5.74, 6) is -0.264. The second-order valence-corrected chi connectivity index (χ2v) is 6.45. The van der Waals surface area contributed by atoms with Gasteiger partial charge in [-0.2, -0.15) is 0 Å². The maximum absolute atomic E-state index is 13.1. The molecular formula is C20H35FN2O. The van der Waals surface area contributed by atoms with Crippen LogP contribution in [0.15, 0.2) is 18.2 Å². The second-order valence-electron chi connectivity index (χ2n) is 6.45. The maximum Gasteiger partial charge on any atom is 0.125 e. The van der Waals surface area contributed by atoms with E-state index >= 15 is 0 Å². The maximum atomic E-state index is 13.1. The van der Waals surface area contributed by atoms with Crippen molar-refractivity contribution in [2.45, 2.75) is 71.1 Å². The molecule has 3 N–H and O–H groups in total. The van der Waals surface area contributed by atoms with Crippen molar-refractivity contribution in [3.05, 3.63) is 24.0 Å². The highest BCUT2D eigenvalue weighted by atomic mass is 19.1. The lowest BCUT2D eigenvalue weighted by molar-refractivity contribution is 0.127. The van der Waals surface area contributed by atoms with Gasteiger partial charge in [0, 0.05) is 19.8 Å². The summed E-state index contributed by atoms with van der Waals surface area (Å²) in [5.41, 5.74) is 7.05. The van der Waals surface area contributed by atoms with Gasteiger partial charge in [0.2, 0.25) is 0 Å². The van der Waals surface area contributed by atoms with E-state index in [1.165, 1.54) is 63.5 Å². The van der Waals surface area contributed by atoms with Crippen molar-refractivity contribution in [1.82, 2.24) is 0 Å². The summed E-state index contributed by atoms with van der Waals surface area (Å²) >= 11 is 0. The molecule has 0 saturated heterocycles. The van der Waals surface area contributed by atoms with E-state index < -0.39 is 0 Å². The number of anilines is 2. The predicted molar refractivity (Wildman–Crippen MR) is 102 cm³/mol. The SMILES string of the molecule is CCCCCCCCCCOCCCCNc1cc(F)ccc1N. The van der Waals surface area contributed by atoms with Gasteiger partial charge < -0.3 is 15.8 Å². The van der Waals surface area contributed by atoms with Crippen molar-refractivity contribution in [2.75, 3.05) is 30.8 Å². The van der Waals surface area contributed by atoms with Crippen molar-refractivity contribution in [2.24, 2.45) is 0 Å². The summed E-state index contributed by atoms with van der Waals surface area (Å²) in [7, 11) is 0. The highest BCUT2D eigenvalue weighted by Crippen LogP contribution is 2.19. The average Bonchev–Trinajstić information content (AvgIpc) is 2.58. The zero-order valence-electron chi connectivity index (χ0n) is 15.3. The lowest BCUT2D eigenvalue weighted by Crippen LogP contribution is -2.06. The van der Waals surface area contributed by atoms with Crippen LogP contribution in [-0.4, -0.2) is 19.8 Å². The largest absolute Gasteiger partial charge is 0.397 e. The van der Waals surface area contributed by atoms with Gasteiger partial charge in [0.05, 0.1) is 11.4 Å². The molecule has 0 bridgehead atoms. The molecule has 0 aliphatic heterocycles. The van der Waals surface area contributed by atoms with Crippen molar-refractivity contribution >= 4 is 11.4 Å². The summed E-state index contributed by atoms with van der Waals surface area (Å²) in [6.45, 7) is 4.72. The van der Waals surface area contributed by atoms with E-state index in [0.29, 0.717) is 11.4 Å². The summed E-state index contributed by atoms with van der Waals surface area (Å²) < 4.78 is 18.8. The van der Waals surface area contributed by atoms with Gasteiger partial charge in [-0.15, -0.1) is 0 Å². The van der Waals surface area contributed by atoms with Crippen LogP contribution >= 0.6 is 0 Å². The number of ether oxygens (including phenoxy) is 1. The van der Waals surface area contributed by atoms with Crippen LogP contribution in [0.4, 0.5) is 15.8 Å². The summed E-state index contributed by atoms with van der Waals surface area (Å²) in [4.78, 5) is 0. The minimum Gasteiger partial charge on any atom is -0.397 e. The minimum absolute atomic E-state index is 0.264. The average molecular weight is 339 g/mol. The van der Waals surface area contributed by atoms with E-state index in [0.717, 1.165) is 32.6 Å². The molecule has 1 aromatic rings. The molecule has 0 atom stereocenters. The number of benzene rings is 1. The smallest absolute Gasteiger partial charge is 0.125 e. The van der Waals surface area contributed by atoms with Crippen LogP contribution in [0, 0.1) is 5.82 Å². The Labute approximate surface area is 147 Å². The topological polar surface area (TPSA) is 47.3 Å². The second kappa shape index (κ2) is 14.1. The molecule has 0 aliphatic carbocycles. The number of halogens is 1. The molecule has 0 fully saturated rings. The number of hydrogen-bond donors (Lipinski definition) is 2. The Morgan fingerprint density at radius 2 is 1.54 bits per heavy atom. The molecule has 0 aromatic heterocycles. The van der Waals surface area contributed by atoms with E-state index in [1.54, 1.807) is 6.07 Å². The van der Waals surface area contributed by atoms with E-state index in [2.05, 4.69) is 12.2 Å². The first-order chi connectivity index (χ1) is 11.7. The van der Waals surface area contributed by atoms with Crippen LogP contribution in [0.2, 0.25) is 0 Å². The molecule has 4 heteroatoms. The fourth-order valence-electron chi connectivity index (χ4n) is 2.67. The number of unbranched alkanes of at least 4 members (excludes halogenated alkanes) is 8. The summed E-state index contributed by atoms with van der Waals surface area (Å²) in [6, 6.07) is 4.40. The standard InChI is InChI=1S/C20H35FN2O/c1-2-3-4-5-6-7-8-10-15-24-16-11-9-14-23-20-17-18(21)12-13-19(20)22/h12-13,17,23H,2-11,14-16,22H2,1H3. The number of hydrogen-bond acceptors (Lipinski definition) is 3. The quantitative estimate of drug-likeness (QED) is 0.316. The monoisotopic (exact) mass is 338 g/mol. The third-order valence-corrected chi connectivity index (χ3v) is 4.19. The van der Waals surface area contributed by atoms with Gasteiger partial charge in [-0.25, -0.2) is 4.39 Å². The lowest BCUT2D eigenvalue weighted by Gasteiger charge is -2.09. The molecular weight excluding hydrogens is 303 g/mol. The van der Waals surface area contributed by atoms with Crippen LogP contribution in [0.25, 0.3) is 0 Å². The van der Waals surface area contributed by atoms with Crippen LogP contribution in [0.5, 0.6) is 0 Å². The lowest BCUT2D eigenvalue weighted by atomic mass is 10.1. The molecule has 0 heterocycles. The van der Waals surface area contributed by atoms with Gasteiger partial charge in [-0.1, -0.05) is 51.9 Å². The highest BCUT2D eigenvalue weighted by molar-refractivity contribution is 5.65.